The van der Waals surface area contributed by atoms with Gasteiger partial charge < -0.3 is 9.64 Å². The molecule has 0 aliphatic carbocycles. The molecular formula is C13H13F2NO2. The van der Waals surface area contributed by atoms with Crippen molar-refractivity contribution in [2.45, 2.75) is 13.0 Å². The van der Waals surface area contributed by atoms with Crippen LogP contribution < -0.4 is 9.64 Å². The van der Waals surface area contributed by atoms with E-state index in [1.165, 1.54) is 12.1 Å². The Morgan fingerprint density at radius 3 is 2.89 bits per heavy atom. The van der Waals surface area contributed by atoms with Crippen LogP contribution in [0.5, 0.6) is 5.75 Å². The number of nitrogens with zero attached hydrogens (tertiary/aromatic N) is 1. The second-order valence-corrected chi connectivity index (χ2v) is 4.08. The van der Waals surface area contributed by atoms with Gasteiger partial charge in [0.25, 0.3) is 0 Å². The first-order valence-electron chi connectivity index (χ1n) is 5.58. The molecule has 0 N–H and O–H groups in total. The van der Waals surface area contributed by atoms with Gasteiger partial charge in [0.2, 0.25) is 5.91 Å². The van der Waals surface area contributed by atoms with Crippen LogP contribution in [-0.2, 0) is 4.79 Å². The monoisotopic (exact) mass is 253 g/mol. The van der Waals surface area contributed by atoms with Crippen LogP contribution in [0.15, 0.2) is 36.9 Å². The van der Waals surface area contributed by atoms with Crippen LogP contribution in [0.1, 0.15) is 6.42 Å². The molecule has 1 aliphatic rings. The average Bonchev–Trinajstić information content (AvgIpc) is 2.70. The van der Waals surface area contributed by atoms with Gasteiger partial charge >= 0.3 is 6.61 Å². The number of alkyl halides is 2. The molecule has 1 fully saturated rings. The largest absolute Gasteiger partial charge is 0.435 e. The number of rotatable bonds is 4. The van der Waals surface area contributed by atoms with Crippen LogP contribution in [-0.4, -0.2) is 19.1 Å². The Bertz CT molecular complexity index is 462. The maximum atomic E-state index is 12.1. The zero-order valence-electron chi connectivity index (χ0n) is 9.68. The average molecular weight is 253 g/mol. The third-order valence-electron chi connectivity index (χ3n) is 2.84. The van der Waals surface area contributed by atoms with Gasteiger partial charge in [0.15, 0.2) is 0 Å². The quantitative estimate of drug-likeness (QED) is 0.772. The first-order valence-corrected chi connectivity index (χ1v) is 5.58. The van der Waals surface area contributed by atoms with Gasteiger partial charge in [-0.3, -0.25) is 4.79 Å². The van der Waals surface area contributed by atoms with Gasteiger partial charge in [-0.25, -0.2) is 0 Å². The number of carbonyl (C=O) groups excluding carboxylic acids is 1. The number of benzene rings is 1. The minimum atomic E-state index is -2.87. The van der Waals surface area contributed by atoms with Gasteiger partial charge in [-0.1, -0.05) is 12.1 Å². The molecule has 1 atom stereocenters. The minimum Gasteiger partial charge on any atom is -0.435 e. The first-order chi connectivity index (χ1) is 8.60. The van der Waals surface area contributed by atoms with Crippen LogP contribution in [0.2, 0.25) is 0 Å². The summed E-state index contributed by atoms with van der Waals surface area (Å²) in [5, 5.41) is 0. The molecule has 0 saturated carbocycles. The molecule has 1 aliphatic heterocycles. The highest BCUT2D eigenvalue weighted by molar-refractivity contribution is 5.96. The molecule has 1 heterocycles. The van der Waals surface area contributed by atoms with E-state index in [0.717, 1.165) is 0 Å². The first kappa shape index (κ1) is 12.5. The molecule has 18 heavy (non-hydrogen) atoms. The number of amides is 1. The van der Waals surface area contributed by atoms with Gasteiger partial charge in [0.05, 0.1) is 0 Å². The van der Waals surface area contributed by atoms with E-state index in [1.807, 2.05) is 0 Å². The Kier molecular flexibility index (Phi) is 3.60. The van der Waals surface area contributed by atoms with Crippen LogP contribution in [0, 0.1) is 5.92 Å². The molecule has 2 rings (SSSR count). The maximum absolute atomic E-state index is 12.1. The van der Waals surface area contributed by atoms with Gasteiger partial charge in [-0.05, 0) is 12.1 Å². The van der Waals surface area contributed by atoms with Crippen molar-refractivity contribution < 1.29 is 18.3 Å². The molecule has 1 aromatic carbocycles. The van der Waals surface area contributed by atoms with Crippen LogP contribution in [0.25, 0.3) is 0 Å². The Morgan fingerprint density at radius 2 is 2.28 bits per heavy atom. The van der Waals surface area contributed by atoms with Crippen LogP contribution in [0.4, 0.5) is 14.5 Å². The Morgan fingerprint density at radius 1 is 1.50 bits per heavy atom. The van der Waals surface area contributed by atoms with E-state index in [4.69, 9.17) is 0 Å². The summed E-state index contributed by atoms with van der Waals surface area (Å²) in [6.45, 7) is 1.32. The second-order valence-electron chi connectivity index (χ2n) is 4.08. The molecule has 0 spiro atoms. The van der Waals surface area contributed by atoms with Crippen molar-refractivity contribution in [1.29, 1.82) is 0 Å². The normalized spacial score (nSPS) is 19.4. The predicted molar refractivity (Wildman–Crippen MR) is 63.7 cm³/mol. The number of halogens is 2. The fourth-order valence-electron chi connectivity index (χ4n) is 1.97. The van der Waals surface area contributed by atoms with Crippen molar-refractivity contribution in [2.75, 3.05) is 11.4 Å². The lowest BCUT2D eigenvalue weighted by molar-refractivity contribution is -0.117. The summed E-state index contributed by atoms with van der Waals surface area (Å²) < 4.78 is 28.5. The summed E-state index contributed by atoms with van der Waals surface area (Å²) in [7, 11) is 0. The summed E-state index contributed by atoms with van der Waals surface area (Å²) in [6.07, 6.45) is 2.14. The van der Waals surface area contributed by atoms with E-state index in [0.29, 0.717) is 18.7 Å². The van der Waals surface area contributed by atoms with Crippen molar-refractivity contribution in [1.82, 2.24) is 0 Å². The number of hydrogen-bond donors (Lipinski definition) is 0. The van der Waals surface area contributed by atoms with Crippen molar-refractivity contribution in [3.05, 3.63) is 36.9 Å². The Hall–Kier alpha value is -1.91. The summed E-state index contributed by atoms with van der Waals surface area (Å²) in [4.78, 5) is 13.3. The fraction of sp³-hybridized carbons (Fsp3) is 0.308. The topological polar surface area (TPSA) is 29.5 Å². The lowest BCUT2D eigenvalue weighted by Crippen LogP contribution is -2.24. The van der Waals surface area contributed by atoms with E-state index in [9.17, 15) is 13.6 Å². The number of hydrogen-bond acceptors (Lipinski definition) is 2. The summed E-state index contributed by atoms with van der Waals surface area (Å²) in [5.41, 5.74) is 0.572. The molecule has 3 nitrogen and oxygen atoms in total. The van der Waals surface area contributed by atoms with Crippen LogP contribution in [0.3, 0.4) is 0 Å². The molecule has 1 saturated heterocycles. The van der Waals surface area contributed by atoms with Crippen LogP contribution >= 0.6 is 0 Å². The zero-order chi connectivity index (χ0) is 13.1. The number of ether oxygens (including phenoxy) is 1. The lowest BCUT2D eigenvalue weighted by atomic mass is 10.1. The SMILES string of the molecule is C=CC1CC(=O)N(c2cccc(OC(F)F)c2)C1. The van der Waals surface area contributed by atoms with Crippen molar-refractivity contribution >= 4 is 11.6 Å². The molecule has 0 bridgehead atoms. The highest BCUT2D eigenvalue weighted by Crippen LogP contribution is 2.28. The Labute approximate surface area is 104 Å². The van der Waals surface area contributed by atoms with Gasteiger partial charge in [-0.2, -0.15) is 8.78 Å². The molecule has 1 unspecified atom stereocenters. The Balaban J connectivity index is 2.18. The van der Waals surface area contributed by atoms with E-state index >= 15 is 0 Å². The summed E-state index contributed by atoms with van der Waals surface area (Å²) >= 11 is 0. The lowest BCUT2D eigenvalue weighted by Gasteiger charge is -2.17. The number of carbonyl (C=O) groups is 1. The van der Waals surface area contributed by atoms with Crippen molar-refractivity contribution in [2.24, 2.45) is 5.92 Å². The summed E-state index contributed by atoms with van der Waals surface area (Å²) in [5.74, 6) is 0.128. The van der Waals surface area contributed by atoms with Gasteiger partial charge in [0.1, 0.15) is 5.75 Å². The molecule has 5 heteroatoms. The molecule has 0 radical (unpaired) electrons. The van der Waals surface area contributed by atoms with E-state index in [-0.39, 0.29) is 17.6 Å². The molecule has 0 aromatic heterocycles. The minimum absolute atomic E-state index is 0.0332. The highest BCUT2D eigenvalue weighted by atomic mass is 19.3. The van der Waals surface area contributed by atoms with Gasteiger partial charge in [-0.15, -0.1) is 6.58 Å². The molecule has 96 valence electrons. The predicted octanol–water partition coefficient (Wildman–Crippen LogP) is 2.83. The van der Waals surface area contributed by atoms with E-state index in [2.05, 4.69) is 11.3 Å². The third-order valence-corrected chi connectivity index (χ3v) is 2.84. The molecular weight excluding hydrogens is 240 g/mol. The third kappa shape index (κ3) is 2.67. The van der Waals surface area contributed by atoms with E-state index in [1.54, 1.807) is 23.1 Å². The standard InChI is InChI=1S/C13H13F2NO2/c1-2-9-6-12(17)16(8-9)10-4-3-5-11(7-10)18-13(14)15/h2-5,7,9,13H,1,6,8H2. The van der Waals surface area contributed by atoms with Crippen molar-refractivity contribution in [3.8, 4) is 5.75 Å². The zero-order valence-corrected chi connectivity index (χ0v) is 9.68. The highest BCUT2D eigenvalue weighted by Gasteiger charge is 2.28. The second kappa shape index (κ2) is 5.16. The van der Waals surface area contributed by atoms with Gasteiger partial charge in [0, 0.05) is 30.6 Å². The molecule has 1 aromatic rings. The molecule has 1 amide bonds. The van der Waals surface area contributed by atoms with Crippen molar-refractivity contribution in [3.63, 3.8) is 0 Å². The van der Waals surface area contributed by atoms with E-state index < -0.39 is 6.61 Å². The number of anilines is 1. The maximum Gasteiger partial charge on any atom is 0.387 e. The fourth-order valence-corrected chi connectivity index (χ4v) is 1.97. The summed E-state index contributed by atoms with van der Waals surface area (Å²) in [6, 6.07) is 6.15. The smallest absolute Gasteiger partial charge is 0.387 e.